The Labute approximate surface area is 229 Å². The number of carbonyl (C=O) groups excluding carboxylic acids is 2. The lowest BCUT2D eigenvalue weighted by Gasteiger charge is -2.15. The molecule has 1 atom stereocenters. The van der Waals surface area contributed by atoms with Gasteiger partial charge in [0.2, 0.25) is 5.91 Å². The molecule has 1 N–H and O–H groups in total. The molecule has 2 aromatic heterocycles. The normalized spacial score (nSPS) is 14.1. The number of esters is 1. The summed E-state index contributed by atoms with van der Waals surface area (Å²) < 4.78 is 26.0. The number of thioether (sulfide) groups is 1. The summed E-state index contributed by atoms with van der Waals surface area (Å²) in [5.74, 6) is 0.127. The molecule has 1 aliphatic carbocycles. The number of hydrogen-bond donors (Lipinski definition) is 1. The van der Waals surface area contributed by atoms with Gasteiger partial charge in [0.05, 0.1) is 18.4 Å². The summed E-state index contributed by atoms with van der Waals surface area (Å²) in [6.45, 7) is 6.06. The maximum Gasteiger partial charge on any atom is 0.341 e. The predicted octanol–water partition coefficient (Wildman–Crippen LogP) is 5.98. The van der Waals surface area contributed by atoms with Crippen LogP contribution in [-0.4, -0.2) is 39.5 Å². The minimum absolute atomic E-state index is 0.0751. The molecule has 0 radical (unpaired) electrons. The number of rotatable bonds is 10. The highest BCUT2D eigenvalue weighted by atomic mass is 32.2. The number of methoxy groups -OCH3 is 1. The molecule has 0 spiro atoms. The molecular weight excluding hydrogens is 527 g/mol. The Morgan fingerprint density at radius 2 is 1.95 bits per heavy atom. The number of allylic oxidation sites excluding steroid dienone is 1. The zero-order valence-corrected chi connectivity index (χ0v) is 23.1. The van der Waals surface area contributed by atoms with Crippen LogP contribution in [0.1, 0.15) is 65.3 Å². The lowest BCUT2D eigenvalue weighted by atomic mass is 9.96. The quantitative estimate of drug-likeness (QED) is 0.186. The Morgan fingerprint density at radius 3 is 2.66 bits per heavy atom. The molecule has 3 aromatic rings. The molecule has 202 valence electrons. The molecule has 1 aliphatic rings. The minimum atomic E-state index is -0.468. The highest BCUT2D eigenvalue weighted by Gasteiger charge is 2.26. The van der Waals surface area contributed by atoms with Gasteiger partial charge >= 0.3 is 5.97 Å². The van der Waals surface area contributed by atoms with Crippen LogP contribution in [0.2, 0.25) is 0 Å². The second-order valence-corrected chi connectivity index (χ2v) is 11.0. The van der Waals surface area contributed by atoms with Crippen molar-refractivity contribution in [2.75, 3.05) is 18.2 Å². The Hall–Kier alpha value is -3.18. The molecule has 0 fully saturated rings. The van der Waals surface area contributed by atoms with Gasteiger partial charge in [-0.1, -0.05) is 30.7 Å². The van der Waals surface area contributed by atoms with E-state index in [-0.39, 0.29) is 17.5 Å². The van der Waals surface area contributed by atoms with Gasteiger partial charge in [-0.3, -0.25) is 9.36 Å². The van der Waals surface area contributed by atoms with E-state index in [0.717, 1.165) is 42.5 Å². The fraction of sp³-hybridized carbons (Fsp3) is 0.407. The Kier molecular flexibility index (Phi) is 9.57. The van der Waals surface area contributed by atoms with Crippen LogP contribution in [-0.2, 0) is 28.9 Å². The first-order valence-electron chi connectivity index (χ1n) is 12.5. The molecule has 1 unspecified atom stereocenters. The number of anilines is 1. The van der Waals surface area contributed by atoms with Crippen LogP contribution >= 0.6 is 23.1 Å². The summed E-state index contributed by atoms with van der Waals surface area (Å²) >= 11 is 2.71. The number of hydrogen-bond acceptors (Lipinski definition) is 8. The number of benzene rings is 1. The number of aromatic nitrogens is 3. The first-order chi connectivity index (χ1) is 18.4. The molecule has 0 saturated heterocycles. The second-order valence-electron chi connectivity index (χ2n) is 8.90. The Bertz CT molecular complexity index is 1290. The van der Waals surface area contributed by atoms with Crippen molar-refractivity contribution in [2.45, 2.75) is 63.3 Å². The number of nitrogens with zero attached hydrogens (tertiary/aromatic N) is 3. The Balaban J connectivity index is 1.46. The summed E-state index contributed by atoms with van der Waals surface area (Å²) in [7, 11) is 1.36. The predicted molar refractivity (Wildman–Crippen MR) is 147 cm³/mol. The fourth-order valence-electron chi connectivity index (χ4n) is 4.40. The number of fused-ring (bicyclic) bond motifs is 1. The van der Waals surface area contributed by atoms with Gasteiger partial charge in [0.25, 0.3) is 0 Å². The average Bonchev–Trinajstić information content (AvgIpc) is 3.44. The van der Waals surface area contributed by atoms with Crippen molar-refractivity contribution in [3.63, 3.8) is 0 Å². The first kappa shape index (κ1) is 27.8. The summed E-state index contributed by atoms with van der Waals surface area (Å²) in [6.07, 6.45) is 7.35. The van der Waals surface area contributed by atoms with Crippen LogP contribution in [0.25, 0.3) is 0 Å². The molecule has 0 aliphatic heterocycles. The summed E-state index contributed by atoms with van der Waals surface area (Å²) in [5.41, 5.74) is 1.49. The van der Waals surface area contributed by atoms with E-state index in [1.807, 2.05) is 11.5 Å². The SMILES string of the molecule is C=CCn1c(SCC(=O)Nc2sc3c(c2C(=O)OC)CCCCCC3)nnc1C(C)Oc1ccc(F)cc1. The van der Waals surface area contributed by atoms with Gasteiger partial charge < -0.3 is 14.8 Å². The average molecular weight is 559 g/mol. The van der Waals surface area contributed by atoms with E-state index in [9.17, 15) is 14.0 Å². The molecule has 2 heterocycles. The number of nitrogens with one attached hydrogen (secondary N) is 1. The molecule has 4 rings (SSSR count). The van der Waals surface area contributed by atoms with Crippen LogP contribution in [0.5, 0.6) is 5.75 Å². The smallest absolute Gasteiger partial charge is 0.341 e. The third-order valence-corrected chi connectivity index (χ3v) is 8.37. The number of amides is 1. The highest BCUT2D eigenvalue weighted by molar-refractivity contribution is 7.99. The van der Waals surface area contributed by atoms with Crippen molar-refractivity contribution in [1.29, 1.82) is 0 Å². The van der Waals surface area contributed by atoms with Gasteiger partial charge in [-0.15, -0.1) is 28.1 Å². The number of carbonyl (C=O) groups is 2. The van der Waals surface area contributed by atoms with Crippen LogP contribution in [0.3, 0.4) is 0 Å². The molecule has 8 nitrogen and oxygen atoms in total. The fourth-order valence-corrected chi connectivity index (χ4v) is 6.44. The van der Waals surface area contributed by atoms with E-state index in [1.165, 1.54) is 48.8 Å². The molecule has 38 heavy (non-hydrogen) atoms. The van der Waals surface area contributed by atoms with E-state index < -0.39 is 12.1 Å². The maximum atomic E-state index is 13.2. The van der Waals surface area contributed by atoms with Gasteiger partial charge in [-0.25, -0.2) is 9.18 Å². The summed E-state index contributed by atoms with van der Waals surface area (Å²) in [5, 5.41) is 12.6. The molecule has 1 amide bonds. The molecule has 1 aromatic carbocycles. The number of thiophene rings is 1. The van der Waals surface area contributed by atoms with Gasteiger partial charge in [0.1, 0.15) is 16.6 Å². The standard InChI is InChI=1S/C27H31FN4O4S2/c1-4-15-32-24(17(2)36-19-13-11-18(28)12-14-19)30-31-27(32)37-16-22(33)29-25-23(26(34)35-3)20-9-7-5-6-8-10-21(20)38-25/h4,11-14,17H,1,5-10,15-16H2,2-3H3,(H,29,33). The van der Waals surface area contributed by atoms with Crippen molar-refractivity contribution in [1.82, 2.24) is 14.8 Å². The lowest BCUT2D eigenvalue weighted by Crippen LogP contribution is -2.17. The third-order valence-electron chi connectivity index (χ3n) is 6.19. The van der Waals surface area contributed by atoms with E-state index in [0.29, 0.717) is 33.8 Å². The third kappa shape index (κ3) is 6.63. The molecule has 11 heteroatoms. The van der Waals surface area contributed by atoms with Crippen molar-refractivity contribution >= 4 is 40.0 Å². The van der Waals surface area contributed by atoms with Crippen LogP contribution in [0.4, 0.5) is 9.39 Å². The van der Waals surface area contributed by atoms with Gasteiger partial charge in [-0.05, 0) is 62.4 Å². The Morgan fingerprint density at radius 1 is 1.21 bits per heavy atom. The zero-order chi connectivity index (χ0) is 27.1. The van der Waals surface area contributed by atoms with Gasteiger partial charge in [0.15, 0.2) is 17.1 Å². The number of aryl methyl sites for hydroxylation is 1. The van der Waals surface area contributed by atoms with Gasteiger partial charge in [-0.2, -0.15) is 0 Å². The van der Waals surface area contributed by atoms with E-state index in [4.69, 9.17) is 9.47 Å². The maximum absolute atomic E-state index is 13.2. The highest BCUT2D eigenvalue weighted by Crippen LogP contribution is 2.37. The molecule has 0 bridgehead atoms. The molecule has 0 saturated carbocycles. The minimum Gasteiger partial charge on any atom is -0.483 e. The monoisotopic (exact) mass is 558 g/mol. The first-order valence-corrected chi connectivity index (χ1v) is 14.3. The van der Waals surface area contributed by atoms with Crippen molar-refractivity contribution in [3.05, 3.63) is 64.6 Å². The van der Waals surface area contributed by atoms with Crippen molar-refractivity contribution in [2.24, 2.45) is 0 Å². The van der Waals surface area contributed by atoms with Crippen LogP contribution < -0.4 is 10.1 Å². The van der Waals surface area contributed by atoms with Crippen molar-refractivity contribution in [3.8, 4) is 5.75 Å². The van der Waals surface area contributed by atoms with Gasteiger partial charge in [0, 0.05) is 11.4 Å². The number of halogens is 1. The largest absolute Gasteiger partial charge is 0.483 e. The molecular formula is C27H31FN4O4S2. The second kappa shape index (κ2) is 13.1. The topological polar surface area (TPSA) is 95.3 Å². The summed E-state index contributed by atoms with van der Waals surface area (Å²) in [6, 6.07) is 5.76. The lowest BCUT2D eigenvalue weighted by molar-refractivity contribution is -0.113. The van der Waals surface area contributed by atoms with E-state index >= 15 is 0 Å². The van der Waals surface area contributed by atoms with Crippen LogP contribution in [0.15, 0.2) is 42.1 Å². The zero-order valence-electron chi connectivity index (χ0n) is 21.5. The van der Waals surface area contributed by atoms with Crippen molar-refractivity contribution < 1.29 is 23.5 Å². The van der Waals surface area contributed by atoms with E-state index in [2.05, 4.69) is 22.1 Å². The summed E-state index contributed by atoms with van der Waals surface area (Å²) in [4.78, 5) is 26.7. The number of ether oxygens (including phenoxy) is 2. The van der Waals surface area contributed by atoms with E-state index in [1.54, 1.807) is 18.2 Å². The van der Waals surface area contributed by atoms with Crippen LogP contribution in [0, 0.1) is 5.82 Å².